The van der Waals surface area contributed by atoms with E-state index in [-0.39, 0.29) is 22.6 Å². The smallest absolute Gasteiger partial charge is 0.257 e. The SMILES string of the molecule is CCC(CO)NC(=O)c1c[nH]c2cc(Cl)c(F)cc2c1=O. The average molecular weight is 313 g/mol. The molecule has 2 rings (SSSR count). The lowest BCUT2D eigenvalue weighted by Gasteiger charge is -2.13. The van der Waals surface area contributed by atoms with Crippen LogP contribution in [0, 0.1) is 5.82 Å². The van der Waals surface area contributed by atoms with E-state index in [1.54, 1.807) is 6.92 Å². The molecule has 3 N–H and O–H groups in total. The standard InChI is InChI=1S/C14H14ClFN2O3/c1-2-7(6-19)18-14(21)9-5-17-12-4-10(15)11(16)3-8(12)13(9)20/h3-5,7,19H,2,6H2,1H3,(H,17,20)(H,18,21). The molecule has 0 fully saturated rings. The number of benzene rings is 1. The van der Waals surface area contributed by atoms with Gasteiger partial charge in [0.2, 0.25) is 5.43 Å². The van der Waals surface area contributed by atoms with Crippen LogP contribution in [0.4, 0.5) is 4.39 Å². The number of carbonyl (C=O) groups excluding carboxylic acids is 1. The molecule has 2 aromatic rings. The third-order valence-corrected chi connectivity index (χ3v) is 3.50. The van der Waals surface area contributed by atoms with Gasteiger partial charge in [0.25, 0.3) is 5.91 Å². The molecule has 0 saturated carbocycles. The lowest BCUT2D eigenvalue weighted by Crippen LogP contribution is -2.39. The Kier molecular flexibility index (Phi) is 4.59. The van der Waals surface area contributed by atoms with Gasteiger partial charge in [0.05, 0.1) is 23.2 Å². The number of aromatic amines is 1. The monoisotopic (exact) mass is 312 g/mol. The molecule has 0 spiro atoms. The Balaban J connectivity index is 2.47. The molecule has 1 aromatic carbocycles. The molecule has 7 heteroatoms. The number of halogens is 2. The first-order valence-corrected chi connectivity index (χ1v) is 6.77. The van der Waals surface area contributed by atoms with Gasteiger partial charge in [-0.3, -0.25) is 9.59 Å². The van der Waals surface area contributed by atoms with Crippen LogP contribution >= 0.6 is 11.6 Å². The highest BCUT2D eigenvalue weighted by molar-refractivity contribution is 6.31. The summed E-state index contributed by atoms with van der Waals surface area (Å²) in [4.78, 5) is 27.0. The van der Waals surface area contributed by atoms with E-state index in [1.165, 1.54) is 12.3 Å². The first kappa shape index (κ1) is 15.5. The van der Waals surface area contributed by atoms with Gasteiger partial charge in [-0.25, -0.2) is 4.39 Å². The molecule has 1 heterocycles. The van der Waals surface area contributed by atoms with Crippen molar-refractivity contribution in [3.8, 4) is 0 Å². The van der Waals surface area contributed by atoms with Crippen molar-refractivity contribution in [3.05, 3.63) is 45.0 Å². The fourth-order valence-corrected chi connectivity index (χ4v) is 2.09. The number of aliphatic hydroxyl groups excluding tert-OH is 1. The summed E-state index contributed by atoms with van der Waals surface area (Å²) < 4.78 is 13.5. The van der Waals surface area contributed by atoms with E-state index in [1.807, 2.05) is 0 Å². The third-order valence-electron chi connectivity index (χ3n) is 3.21. The number of rotatable bonds is 4. The van der Waals surface area contributed by atoms with Crippen LogP contribution < -0.4 is 10.7 Å². The zero-order valence-electron chi connectivity index (χ0n) is 11.2. The minimum Gasteiger partial charge on any atom is -0.394 e. The Hall–Kier alpha value is -1.92. The molecule has 1 amide bonds. The number of H-pyrrole nitrogens is 1. The number of fused-ring (bicyclic) bond motifs is 1. The average Bonchev–Trinajstić information content (AvgIpc) is 2.47. The molecule has 0 bridgehead atoms. The van der Waals surface area contributed by atoms with Gasteiger partial charge in [-0.15, -0.1) is 0 Å². The number of aromatic nitrogens is 1. The third kappa shape index (κ3) is 3.06. The Morgan fingerprint density at radius 1 is 1.52 bits per heavy atom. The highest BCUT2D eigenvalue weighted by Crippen LogP contribution is 2.19. The van der Waals surface area contributed by atoms with E-state index < -0.39 is 23.2 Å². The number of nitrogens with one attached hydrogen (secondary N) is 2. The summed E-state index contributed by atoms with van der Waals surface area (Å²) in [5, 5.41) is 11.5. The van der Waals surface area contributed by atoms with Gasteiger partial charge < -0.3 is 15.4 Å². The number of carbonyl (C=O) groups is 1. The fraction of sp³-hybridized carbons (Fsp3) is 0.286. The van der Waals surface area contributed by atoms with Crippen LogP contribution in [0.5, 0.6) is 0 Å². The number of aliphatic hydroxyl groups is 1. The van der Waals surface area contributed by atoms with Gasteiger partial charge >= 0.3 is 0 Å². The summed E-state index contributed by atoms with van der Waals surface area (Å²) in [6.07, 6.45) is 1.77. The second-order valence-corrected chi connectivity index (χ2v) is 5.01. The molecule has 0 aliphatic heterocycles. The van der Waals surface area contributed by atoms with Crippen molar-refractivity contribution in [3.63, 3.8) is 0 Å². The summed E-state index contributed by atoms with van der Waals surface area (Å²) in [7, 11) is 0. The predicted octanol–water partition coefficient (Wildman–Crippen LogP) is 1.82. The summed E-state index contributed by atoms with van der Waals surface area (Å²) in [5.41, 5.74) is -0.391. The maximum atomic E-state index is 13.5. The molecule has 1 unspecified atom stereocenters. The Labute approximate surface area is 124 Å². The molecule has 0 radical (unpaired) electrons. The molecule has 112 valence electrons. The molecule has 1 aromatic heterocycles. The van der Waals surface area contributed by atoms with E-state index in [0.29, 0.717) is 11.9 Å². The van der Waals surface area contributed by atoms with Crippen LogP contribution in [0.15, 0.2) is 23.1 Å². The van der Waals surface area contributed by atoms with E-state index in [2.05, 4.69) is 10.3 Å². The van der Waals surface area contributed by atoms with E-state index >= 15 is 0 Å². The lowest BCUT2D eigenvalue weighted by atomic mass is 10.1. The van der Waals surface area contributed by atoms with Gasteiger partial charge in [0, 0.05) is 11.6 Å². The van der Waals surface area contributed by atoms with Crippen molar-refractivity contribution >= 4 is 28.4 Å². The number of pyridine rings is 1. The highest BCUT2D eigenvalue weighted by atomic mass is 35.5. The van der Waals surface area contributed by atoms with Gasteiger partial charge in [-0.1, -0.05) is 18.5 Å². The van der Waals surface area contributed by atoms with Crippen molar-refractivity contribution in [2.24, 2.45) is 0 Å². The molecule has 0 saturated heterocycles. The Morgan fingerprint density at radius 3 is 2.86 bits per heavy atom. The minimum absolute atomic E-state index is 0.0431. The van der Waals surface area contributed by atoms with Crippen molar-refractivity contribution in [1.29, 1.82) is 0 Å². The van der Waals surface area contributed by atoms with E-state index in [9.17, 15) is 14.0 Å². The molecule has 5 nitrogen and oxygen atoms in total. The first-order valence-electron chi connectivity index (χ1n) is 6.40. The maximum absolute atomic E-state index is 13.5. The molecule has 0 aliphatic rings. The fourth-order valence-electron chi connectivity index (χ4n) is 1.92. The minimum atomic E-state index is -0.728. The molecular formula is C14H14ClFN2O3. The summed E-state index contributed by atoms with van der Waals surface area (Å²) in [6, 6.07) is 1.85. The predicted molar refractivity (Wildman–Crippen MR) is 78.2 cm³/mol. The Bertz CT molecular complexity index is 741. The number of amides is 1. The van der Waals surface area contributed by atoms with Crippen LogP contribution in [0.2, 0.25) is 5.02 Å². The van der Waals surface area contributed by atoms with Crippen molar-refractivity contribution < 1.29 is 14.3 Å². The zero-order valence-corrected chi connectivity index (χ0v) is 12.0. The van der Waals surface area contributed by atoms with Crippen LogP contribution in [0.3, 0.4) is 0 Å². The van der Waals surface area contributed by atoms with Crippen molar-refractivity contribution in [1.82, 2.24) is 10.3 Å². The van der Waals surface area contributed by atoms with Crippen molar-refractivity contribution in [2.75, 3.05) is 6.61 Å². The van der Waals surface area contributed by atoms with Crippen LogP contribution in [-0.4, -0.2) is 28.6 Å². The molecule has 0 aliphatic carbocycles. The maximum Gasteiger partial charge on any atom is 0.257 e. The zero-order chi connectivity index (χ0) is 15.6. The summed E-state index contributed by atoms with van der Waals surface area (Å²) in [6.45, 7) is 1.57. The molecule has 21 heavy (non-hydrogen) atoms. The highest BCUT2D eigenvalue weighted by Gasteiger charge is 2.17. The summed E-state index contributed by atoms with van der Waals surface area (Å²) >= 11 is 5.64. The van der Waals surface area contributed by atoms with Crippen molar-refractivity contribution in [2.45, 2.75) is 19.4 Å². The van der Waals surface area contributed by atoms with Gasteiger partial charge in [0.1, 0.15) is 11.4 Å². The second kappa shape index (κ2) is 6.24. The lowest BCUT2D eigenvalue weighted by molar-refractivity contribution is 0.0913. The summed E-state index contributed by atoms with van der Waals surface area (Å²) in [5.74, 6) is -1.34. The first-order chi connectivity index (χ1) is 9.97. The van der Waals surface area contributed by atoms with Crippen LogP contribution in [0.25, 0.3) is 10.9 Å². The van der Waals surface area contributed by atoms with E-state index in [4.69, 9.17) is 16.7 Å². The number of hydrogen-bond acceptors (Lipinski definition) is 3. The van der Waals surface area contributed by atoms with Gasteiger partial charge in [0.15, 0.2) is 0 Å². The number of hydrogen-bond donors (Lipinski definition) is 3. The molecule has 1 atom stereocenters. The molecular weight excluding hydrogens is 299 g/mol. The largest absolute Gasteiger partial charge is 0.394 e. The van der Waals surface area contributed by atoms with Gasteiger partial charge in [-0.2, -0.15) is 0 Å². The van der Waals surface area contributed by atoms with Crippen LogP contribution in [0.1, 0.15) is 23.7 Å². The topological polar surface area (TPSA) is 82.2 Å². The van der Waals surface area contributed by atoms with E-state index in [0.717, 1.165) is 6.07 Å². The van der Waals surface area contributed by atoms with Crippen LogP contribution in [-0.2, 0) is 0 Å². The Morgan fingerprint density at radius 2 is 2.24 bits per heavy atom. The van der Waals surface area contributed by atoms with Gasteiger partial charge in [-0.05, 0) is 18.6 Å². The normalized spacial score (nSPS) is 12.4. The quantitative estimate of drug-likeness (QED) is 0.805. The second-order valence-electron chi connectivity index (χ2n) is 4.60.